The van der Waals surface area contributed by atoms with Gasteiger partial charge < -0.3 is 14.2 Å². The van der Waals surface area contributed by atoms with Crippen molar-refractivity contribution in [3.8, 4) is 11.3 Å². The minimum Gasteiger partial charge on any atom is -0.464 e. The lowest BCUT2D eigenvalue weighted by Gasteiger charge is -2.33. The number of carbonyl (C=O) groups is 2. The molecular weight excluding hydrogens is 438 g/mol. The van der Waals surface area contributed by atoms with Gasteiger partial charge in [0.05, 0.1) is 23.9 Å². The number of amides is 1. The molecule has 6 heteroatoms. The molecule has 35 heavy (non-hydrogen) atoms. The van der Waals surface area contributed by atoms with Gasteiger partial charge in [0.2, 0.25) is 0 Å². The molecule has 1 aliphatic heterocycles. The summed E-state index contributed by atoms with van der Waals surface area (Å²) in [5.74, 6) is -0.315. The van der Waals surface area contributed by atoms with Gasteiger partial charge in [-0.05, 0) is 56.5 Å². The van der Waals surface area contributed by atoms with Gasteiger partial charge >= 0.3 is 5.97 Å². The SMILES string of the molecule is COC(=O)c1cccn1C1CCN(C(=O)c2cc(-c3ccc(C)cc3C)nc3ccccc23)CC1. The summed E-state index contributed by atoms with van der Waals surface area (Å²) in [6.07, 6.45) is 3.47. The van der Waals surface area contributed by atoms with Crippen LogP contribution in [-0.4, -0.2) is 46.5 Å². The zero-order valence-electron chi connectivity index (χ0n) is 20.3. The Balaban J connectivity index is 1.43. The van der Waals surface area contributed by atoms with E-state index in [1.165, 1.54) is 12.7 Å². The largest absolute Gasteiger partial charge is 0.464 e. The first-order chi connectivity index (χ1) is 17.0. The fourth-order valence-electron chi connectivity index (χ4n) is 5.10. The van der Waals surface area contributed by atoms with Gasteiger partial charge in [-0.25, -0.2) is 9.78 Å². The molecule has 0 aliphatic carbocycles. The number of esters is 1. The van der Waals surface area contributed by atoms with Crippen molar-refractivity contribution in [2.75, 3.05) is 20.2 Å². The van der Waals surface area contributed by atoms with Crippen molar-refractivity contribution < 1.29 is 14.3 Å². The van der Waals surface area contributed by atoms with E-state index in [1.54, 1.807) is 6.07 Å². The number of ether oxygens (including phenoxy) is 1. The smallest absolute Gasteiger partial charge is 0.354 e. The van der Waals surface area contributed by atoms with Crippen LogP contribution in [0.2, 0.25) is 0 Å². The molecule has 1 amide bonds. The van der Waals surface area contributed by atoms with Gasteiger partial charge in [-0.3, -0.25) is 4.79 Å². The van der Waals surface area contributed by atoms with E-state index < -0.39 is 0 Å². The lowest BCUT2D eigenvalue weighted by molar-refractivity contribution is 0.0573. The first-order valence-corrected chi connectivity index (χ1v) is 12.0. The highest BCUT2D eigenvalue weighted by molar-refractivity contribution is 6.07. The van der Waals surface area contributed by atoms with E-state index >= 15 is 0 Å². The molecule has 0 bridgehead atoms. The third-order valence-electron chi connectivity index (χ3n) is 6.92. The Morgan fingerprint density at radius 2 is 1.74 bits per heavy atom. The normalized spacial score (nSPS) is 14.3. The number of aryl methyl sites for hydroxylation is 2. The van der Waals surface area contributed by atoms with E-state index in [0.717, 1.165) is 40.6 Å². The lowest BCUT2D eigenvalue weighted by atomic mass is 9.98. The fourth-order valence-corrected chi connectivity index (χ4v) is 5.10. The Labute approximate surface area is 205 Å². The molecule has 1 saturated heterocycles. The number of likely N-dealkylation sites (tertiary alicyclic amines) is 1. The topological polar surface area (TPSA) is 64.4 Å². The highest BCUT2D eigenvalue weighted by Gasteiger charge is 2.28. The van der Waals surface area contributed by atoms with E-state index in [0.29, 0.717) is 24.3 Å². The van der Waals surface area contributed by atoms with Gasteiger partial charge in [0.1, 0.15) is 5.69 Å². The molecule has 0 spiro atoms. The predicted molar refractivity (Wildman–Crippen MR) is 137 cm³/mol. The first-order valence-electron chi connectivity index (χ1n) is 12.0. The number of methoxy groups -OCH3 is 1. The van der Waals surface area contributed by atoms with Crippen LogP contribution >= 0.6 is 0 Å². The van der Waals surface area contributed by atoms with E-state index in [4.69, 9.17) is 9.72 Å². The average molecular weight is 468 g/mol. The molecule has 0 unspecified atom stereocenters. The summed E-state index contributed by atoms with van der Waals surface area (Å²) >= 11 is 0. The summed E-state index contributed by atoms with van der Waals surface area (Å²) in [7, 11) is 1.40. The van der Waals surface area contributed by atoms with Crippen molar-refractivity contribution in [1.82, 2.24) is 14.5 Å². The van der Waals surface area contributed by atoms with Gasteiger partial charge in [0, 0.05) is 36.3 Å². The Hall–Kier alpha value is -3.93. The summed E-state index contributed by atoms with van der Waals surface area (Å²) in [5, 5.41) is 0.867. The van der Waals surface area contributed by atoms with Crippen molar-refractivity contribution >= 4 is 22.8 Å². The monoisotopic (exact) mass is 467 g/mol. The minimum absolute atomic E-state index is 0.0220. The Morgan fingerprint density at radius 1 is 0.971 bits per heavy atom. The number of aromatic nitrogens is 2. The van der Waals surface area contributed by atoms with E-state index in [1.807, 2.05) is 52.1 Å². The van der Waals surface area contributed by atoms with E-state index in [-0.39, 0.29) is 17.9 Å². The molecule has 5 rings (SSSR count). The first kappa shape index (κ1) is 22.8. The highest BCUT2D eigenvalue weighted by Crippen LogP contribution is 2.30. The maximum atomic E-state index is 13.8. The lowest BCUT2D eigenvalue weighted by Crippen LogP contribution is -2.39. The van der Waals surface area contributed by atoms with Crippen molar-refractivity contribution in [3.63, 3.8) is 0 Å². The molecule has 2 aromatic carbocycles. The molecule has 6 nitrogen and oxygen atoms in total. The van der Waals surface area contributed by atoms with Crippen molar-refractivity contribution in [3.05, 3.63) is 89.2 Å². The standard InChI is InChI=1S/C29H29N3O3/c1-19-10-11-22(20(2)17-19)26-18-24(23-7-4-5-8-25(23)30-26)28(33)31-15-12-21(13-16-31)32-14-6-9-27(32)29(34)35-3/h4-11,14,17-18,21H,12-13,15-16H2,1-3H3. The number of nitrogens with zero attached hydrogens (tertiary/aromatic N) is 3. The minimum atomic E-state index is -0.337. The summed E-state index contributed by atoms with van der Waals surface area (Å²) in [5.41, 5.74) is 6.24. The van der Waals surface area contributed by atoms with Crippen LogP contribution in [0.15, 0.2) is 66.9 Å². The maximum absolute atomic E-state index is 13.8. The predicted octanol–water partition coefficient (Wildman–Crippen LogP) is 5.58. The molecule has 0 N–H and O–H groups in total. The van der Waals surface area contributed by atoms with Crippen LogP contribution in [0.1, 0.15) is 50.9 Å². The number of hydrogen-bond acceptors (Lipinski definition) is 4. The zero-order valence-corrected chi connectivity index (χ0v) is 20.3. The van der Waals surface area contributed by atoms with Crippen LogP contribution < -0.4 is 0 Å². The van der Waals surface area contributed by atoms with Crippen LogP contribution in [0.4, 0.5) is 0 Å². The Morgan fingerprint density at radius 3 is 2.49 bits per heavy atom. The van der Waals surface area contributed by atoms with Crippen LogP contribution in [0.5, 0.6) is 0 Å². The van der Waals surface area contributed by atoms with Crippen LogP contribution in [-0.2, 0) is 4.74 Å². The molecular formula is C29H29N3O3. The highest BCUT2D eigenvalue weighted by atomic mass is 16.5. The number of pyridine rings is 1. The number of rotatable bonds is 4. The molecule has 3 heterocycles. The summed E-state index contributed by atoms with van der Waals surface area (Å²) in [6, 6.07) is 19.9. The quantitative estimate of drug-likeness (QED) is 0.367. The fraction of sp³-hybridized carbons (Fsp3) is 0.276. The second-order valence-corrected chi connectivity index (χ2v) is 9.21. The van der Waals surface area contributed by atoms with E-state index in [9.17, 15) is 9.59 Å². The average Bonchev–Trinajstić information content (AvgIpc) is 3.37. The molecule has 178 valence electrons. The summed E-state index contributed by atoms with van der Waals surface area (Å²) in [6.45, 7) is 5.40. The Bertz CT molecular complexity index is 1410. The van der Waals surface area contributed by atoms with Gasteiger partial charge in [-0.1, -0.05) is 42.0 Å². The van der Waals surface area contributed by atoms with Crippen molar-refractivity contribution in [2.45, 2.75) is 32.7 Å². The van der Waals surface area contributed by atoms with Crippen molar-refractivity contribution in [2.24, 2.45) is 0 Å². The number of carbonyl (C=O) groups excluding carboxylic acids is 2. The maximum Gasteiger partial charge on any atom is 0.354 e. The molecule has 0 atom stereocenters. The van der Waals surface area contributed by atoms with Gasteiger partial charge in [0.25, 0.3) is 5.91 Å². The van der Waals surface area contributed by atoms with Gasteiger partial charge in [-0.15, -0.1) is 0 Å². The molecule has 4 aromatic rings. The molecule has 1 aliphatic rings. The summed E-state index contributed by atoms with van der Waals surface area (Å²) < 4.78 is 6.90. The zero-order chi connectivity index (χ0) is 24.5. The number of fused-ring (bicyclic) bond motifs is 1. The molecule has 0 radical (unpaired) electrons. The van der Waals surface area contributed by atoms with Crippen LogP contribution in [0.25, 0.3) is 22.2 Å². The second kappa shape index (κ2) is 9.37. The van der Waals surface area contributed by atoms with Gasteiger partial charge in [0.15, 0.2) is 0 Å². The number of hydrogen-bond donors (Lipinski definition) is 0. The third kappa shape index (κ3) is 4.32. The number of para-hydroxylation sites is 1. The van der Waals surface area contributed by atoms with E-state index in [2.05, 4.69) is 32.0 Å². The van der Waals surface area contributed by atoms with Crippen LogP contribution in [0.3, 0.4) is 0 Å². The second-order valence-electron chi connectivity index (χ2n) is 9.21. The Kier molecular flexibility index (Phi) is 6.12. The molecule has 1 fully saturated rings. The number of benzene rings is 2. The van der Waals surface area contributed by atoms with Gasteiger partial charge in [-0.2, -0.15) is 0 Å². The third-order valence-corrected chi connectivity index (χ3v) is 6.92. The number of piperidine rings is 1. The molecule has 2 aromatic heterocycles. The van der Waals surface area contributed by atoms with Crippen LogP contribution in [0, 0.1) is 13.8 Å². The van der Waals surface area contributed by atoms with Crippen molar-refractivity contribution in [1.29, 1.82) is 0 Å². The molecule has 0 saturated carbocycles. The summed E-state index contributed by atoms with van der Waals surface area (Å²) in [4.78, 5) is 32.7.